The molecule has 5 aliphatic heterocycles. The molecular weight excluding hydrogens is 1300 g/mol. The van der Waals surface area contributed by atoms with Crippen LogP contribution in [0, 0.1) is 0 Å². The lowest BCUT2D eigenvalue weighted by molar-refractivity contribution is 0.590. The van der Waals surface area contributed by atoms with E-state index in [1.165, 1.54) is 138 Å². The third kappa shape index (κ3) is 12.7. The van der Waals surface area contributed by atoms with Crippen molar-refractivity contribution >= 4 is 123 Å². The van der Waals surface area contributed by atoms with Gasteiger partial charge < -0.3 is 19.6 Å². The van der Waals surface area contributed by atoms with Crippen LogP contribution in [0.1, 0.15) is 181 Å². The van der Waals surface area contributed by atoms with Crippen LogP contribution >= 0.6 is 11.8 Å². The van der Waals surface area contributed by atoms with E-state index >= 15 is 0 Å². The van der Waals surface area contributed by atoms with Gasteiger partial charge in [-0.3, -0.25) is 0 Å². The van der Waals surface area contributed by atoms with Crippen LogP contribution in [0.5, 0.6) is 0 Å². The highest BCUT2D eigenvalue weighted by atomic mass is 32.2. The first kappa shape index (κ1) is 72.7. The number of fused-ring (bicyclic) bond motifs is 15. The predicted molar refractivity (Wildman–Crippen MR) is 457 cm³/mol. The van der Waals surface area contributed by atoms with Gasteiger partial charge in [0.15, 0.2) is 8.07 Å². The molecule has 0 unspecified atom stereocenters. The zero-order valence-electron chi connectivity index (χ0n) is 65.7. The number of para-hydroxylation sites is 3. The Morgan fingerprint density at radius 1 is 0.353 bits per heavy atom. The molecule has 16 rings (SSSR count). The smallest absolute Gasteiger partial charge is 0.185 e. The van der Waals surface area contributed by atoms with E-state index in [0.717, 1.165) is 5.92 Å². The Balaban J connectivity index is 0.000000123. The standard InChI is InChI=1S/C30H29NSi.2C23H33NSi.C18H19NS/c1-4-21(5-2)22-18-19-26-30(20-22)32(29-17-11-8-14-25(29)31(26)3)27-15-9-6-12-23(27)24-13-7-10-16-28(24)32;2*1-22(2,3)16-10-12-18-20(14-16)25(8,9)21-15-17(23(4,5)6)11-13-19(21)24(18)7;1-19-15-10-4-5-11-16(15)20-17-12-6-9-14(18(17)19)13-7-2-3-8-13/h6-21H,4-5H2,1-3H3;2*10-15H,1-9H3;4-6,9-13H,2-3,7-8H2,1H3. The molecule has 4 nitrogen and oxygen atoms in total. The van der Waals surface area contributed by atoms with E-state index in [-0.39, 0.29) is 21.7 Å². The van der Waals surface area contributed by atoms with Crippen molar-refractivity contribution in [3.05, 3.63) is 240 Å². The molecule has 0 aromatic heterocycles. The molecule has 1 aliphatic carbocycles. The van der Waals surface area contributed by atoms with Crippen molar-refractivity contribution in [2.24, 2.45) is 0 Å². The summed E-state index contributed by atoms with van der Waals surface area (Å²) >= 11 is 1.92. The molecule has 1 spiro atoms. The summed E-state index contributed by atoms with van der Waals surface area (Å²) < 4.78 is 0. The van der Waals surface area contributed by atoms with Crippen molar-refractivity contribution in [1.29, 1.82) is 0 Å². The van der Waals surface area contributed by atoms with Gasteiger partial charge >= 0.3 is 0 Å². The Bertz CT molecular complexity index is 4490. The summed E-state index contributed by atoms with van der Waals surface area (Å²) in [6.07, 6.45) is 7.86. The second-order valence-electron chi connectivity index (χ2n) is 35.3. The van der Waals surface area contributed by atoms with E-state index in [9.17, 15) is 0 Å². The lowest BCUT2D eigenvalue weighted by atomic mass is 9.86. The van der Waals surface area contributed by atoms with Crippen LogP contribution in [0.4, 0.5) is 45.5 Å². The van der Waals surface area contributed by atoms with Gasteiger partial charge in [-0.25, -0.2) is 0 Å². The van der Waals surface area contributed by atoms with Crippen LogP contribution in [0.2, 0.25) is 26.2 Å². The van der Waals surface area contributed by atoms with E-state index in [0.29, 0.717) is 5.92 Å². The highest BCUT2D eigenvalue weighted by Crippen LogP contribution is 2.52. The van der Waals surface area contributed by atoms with Crippen molar-refractivity contribution in [3.63, 3.8) is 0 Å². The highest BCUT2D eigenvalue weighted by molar-refractivity contribution is 7.99. The van der Waals surface area contributed by atoms with Gasteiger partial charge in [0, 0.05) is 72.1 Å². The van der Waals surface area contributed by atoms with Gasteiger partial charge in [0.1, 0.15) is 16.1 Å². The Morgan fingerprint density at radius 2 is 0.706 bits per heavy atom. The van der Waals surface area contributed by atoms with Gasteiger partial charge in [-0.15, -0.1) is 0 Å². The number of anilines is 8. The molecule has 10 aromatic carbocycles. The predicted octanol–water partition coefficient (Wildman–Crippen LogP) is 21.0. The number of hydrogen-bond donors (Lipinski definition) is 0. The molecule has 1 fully saturated rings. The van der Waals surface area contributed by atoms with Crippen molar-refractivity contribution in [1.82, 2.24) is 0 Å². The van der Waals surface area contributed by atoms with Gasteiger partial charge in [0.05, 0.1) is 11.4 Å². The second-order valence-corrected chi connectivity index (χ2v) is 48.7. The van der Waals surface area contributed by atoms with E-state index < -0.39 is 24.2 Å². The number of rotatable bonds is 4. The summed E-state index contributed by atoms with van der Waals surface area (Å²) in [4.78, 5) is 12.4. The zero-order chi connectivity index (χ0) is 73.0. The summed E-state index contributed by atoms with van der Waals surface area (Å²) in [6, 6.07) is 79.0. The summed E-state index contributed by atoms with van der Waals surface area (Å²) in [7, 11) is 3.03. The van der Waals surface area contributed by atoms with Gasteiger partial charge in [-0.05, 0) is 200 Å². The van der Waals surface area contributed by atoms with Crippen LogP contribution in [-0.4, -0.2) is 52.4 Å². The Hall–Kier alpha value is -7.60. The first-order valence-corrected chi connectivity index (χ1v) is 46.9. The lowest BCUT2D eigenvalue weighted by Crippen LogP contribution is -2.75. The third-order valence-corrected chi connectivity index (χ3v) is 37.1. The molecule has 0 radical (unpaired) electrons. The van der Waals surface area contributed by atoms with E-state index in [4.69, 9.17) is 0 Å². The first-order valence-electron chi connectivity index (χ1n) is 38.1. The van der Waals surface area contributed by atoms with Gasteiger partial charge in [0.2, 0.25) is 0 Å². The average molecular weight is 1420 g/mol. The van der Waals surface area contributed by atoms with E-state index in [1.54, 1.807) is 41.9 Å². The van der Waals surface area contributed by atoms with Crippen LogP contribution < -0.4 is 61.1 Å². The minimum absolute atomic E-state index is 0.186. The van der Waals surface area contributed by atoms with Crippen LogP contribution in [0.25, 0.3) is 11.1 Å². The fourth-order valence-electron chi connectivity index (χ4n) is 17.7. The van der Waals surface area contributed by atoms with Gasteiger partial charge in [-0.2, -0.15) is 0 Å². The van der Waals surface area contributed by atoms with Gasteiger partial charge in [-0.1, -0.05) is 299 Å². The molecule has 0 atom stereocenters. The summed E-state index contributed by atoms with van der Waals surface area (Å²) in [5.41, 5.74) is 23.5. The minimum atomic E-state index is -2.39. The summed E-state index contributed by atoms with van der Waals surface area (Å²) in [5, 5.41) is 12.5. The van der Waals surface area contributed by atoms with Crippen molar-refractivity contribution in [2.45, 2.75) is 205 Å². The quantitative estimate of drug-likeness (QED) is 0.162. The maximum Gasteiger partial charge on any atom is 0.185 e. The molecule has 0 bridgehead atoms. The van der Waals surface area contributed by atoms with Gasteiger partial charge in [0.25, 0.3) is 0 Å². The third-order valence-electron chi connectivity index (χ3n) is 24.1. The van der Waals surface area contributed by atoms with Crippen molar-refractivity contribution < 1.29 is 0 Å². The fraction of sp³-hybridized carbons (Fsp3) is 0.362. The van der Waals surface area contributed by atoms with Crippen LogP contribution in [0.3, 0.4) is 0 Å². The second kappa shape index (κ2) is 27.1. The molecule has 0 saturated heterocycles. The molecule has 0 amide bonds. The molecule has 10 aromatic rings. The summed E-state index contributed by atoms with van der Waals surface area (Å²) in [6.45, 7) is 42.4. The maximum atomic E-state index is 2.59. The SMILES string of the molecule is CCC(CC)c1ccc2c(c1)[Si]1(c3ccccc3-c3ccccc31)c1ccccc1N2C.CN1c2ccc(C(C)(C)C)cc2[Si](C)(C)c2cc(C(C)(C)C)ccc21.CN1c2ccc(C(C)(C)C)cc2[Si](C)(C)c2cc(C(C)(C)C)ccc21.CN1c2ccccc2Sc2cccc(C3CCCC3)c21. The zero-order valence-corrected chi connectivity index (χ0v) is 69.5. The number of nitrogens with zero attached hydrogens (tertiary/aromatic N) is 4. The number of hydrogen-bond acceptors (Lipinski definition) is 5. The van der Waals surface area contributed by atoms with Crippen molar-refractivity contribution in [2.75, 3.05) is 47.8 Å². The molecule has 528 valence electrons. The molecule has 5 heterocycles. The van der Waals surface area contributed by atoms with Crippen molar-refractivity contribution in [3.8, 4) is 11.1 Å². The lowest BCUT2D eigenvalue weighted by Gasteiger charge is -2.42. The molecule has 6 aliphatic rings. The first-order chi connectivity index (χ1) is 48.2. The van der Waals surface area contributed by atoms with E-state index in [1.807, 2.05) is 11.8 Å². The minimum Gasteiger partial charge on any atom is -0.345 e. The Labute approximate surface area is 622 Å². The average Bonchev–Trinajstić information content (AvgIpc) is 1.47. The largest absolute Gasteiger partial charge is 0.345 e. The molecular formula is C94H114N4SSi3. The molecule has 1 saturated carbocycles. The van der Waals surface area contributed by atoms with Crippen LogP contribution in [-0.2, 0) is 21.7 Å². The Morgan fingerprint density at radius 3 is 1.13 bits per heavy atom. The maximum absolute atomic E-state index is 2.59. The fourth-order valence-corrected chi connectivity index (χ4v) is 30.8. The molecule has 8 heteroatoms. The topological polar surface area (TPSA) is 13.0 Å². The summed E-state index contributed by atoms with van der Waals surface area (Å²) in [5.74, 6) is 1.37. The van der Waals surface area contributed by atoms with E-state index in [2.05, 4.69) is 377 Å². The molecule has 102 heavy (non-hydrogen) atoms. The monoisotopic (exact) mass is 1410 g/mol. The van der Waals surface area contributed by atoms with Crippen LogP contribution in [0.15, 0.2) is 216 Å². The highest BCUT2D eigenvalue weighted by Gasteiger charge is 2.53. The molecule has 0 N–H and O–H groups in total. The Kier molecular flexibility index (Phi) is 19.4. The number of benzene rings is 10. The normalized spacial score (nSPS) is 16.2.